The van der Waals surface area contributed by atoms with E-state index in [1.165, 1.54) is 0 Å². The maximum atomic E-state index is 11.5. The van der Waals surface area contributed by atoms with E-state index >= 15 is 0 Å². The van der Waals surface area contributed by atoms with E-state index in [0.29, 0.717) is 0 Å². The predicted octanol–water partition coefficient (Wildman–Crippen LogP) is -0.710. The number of carbonyl (C=O) groups is 1. The van der Waals surface area contributed by atoms with Crippen LogP contribution in [0.5, 0.6) is 0 Å². The molecular formula is C8H16N2O5S. The van der Waals surface area contributed by atoms with Gasteiger partial charge in [-0.05, 0) is 5.92 Å². The lowest BCUT2D eigenvalue weighted by molar-refractivity contribution is -0.0936. The van der Waals surface area contributed by atoms with Crippen molar-refractivity contribution in [2.45, 2.75) is 19.4 Å². The monoisotopic (exact) mass is 252 g/mol. The van der Waals surface area contributed by atoms with Gasteiger partial charge in [0.25, 0.3) is 0 Å². The summed E-state index contributed by atoms with van der Waals surface area (Å²) in [5, 5.41) is 9.86. The van der Waals surface area contributed by atoms with Crippen molar-refractivity contribution in [3.63, 3.8) is 0 Å². The zero-order valence-corrected chi connectivity index (χ0v) is 10.2. The van der Waals surface area contributed by atoms with Gasteiger partial charge in [-0.25, -0.2) is 9.52 Å². The van der Waals surface area contributed by atoms with Crippen molar-refractivity contribution >= 4 is 16.3 Å². The highest BCUT2D eigenvalue weighted by Crippen LogP contribution is 2.30. The van der Waals surface area contributed by atoms with E-state index in [2.05, 4.69) is 4.74 Å². The van der Waals surface area contributed by atoms with Gasteiger partial charge in [-0.3, -0.25) is 0 Å². The first kappa shape index (κ1) is 13.2. The van der Waals surface area contributed by atoms with Gasteiger partial charge in [0.1, 0.15) is 0 Å². The zero-order chi connectivity index (χ0) is 12.6. The van der Waals surface area contributed by atoms with Crippen LogP contribution in [0.2, 0.25) is 0 Å². The van der Waals surface area contributed by atoms with Crippen molar-refractivity contribution in [2.75, 3.05) is 20.2 Å². The van der Waals surface area contributed by atoms with Crippen LogP contribution in [0.4, 0.5) is 4.79 Å². The zero-order valence-electron chi connectivity index (χ0n) is 9.43. The molecule has 8 heteroatoms. The molecule has 1 heterocycles. The van der Waals surface area contributed by atoms with Gasteiger partial charge in [0, 0.05) is 13.1 Å². The van der Waals surface area contributed by atoms with Gasteiger partial charge in [0.2, 0.25) is 0 Å². The normalized spacial score (nSPS) is 20.3. The Bertz CT molecular complexity index is 372. The molecule has 2 N–H and O–H groups in total. The third-order valence-corrected chi connectivity index (χ3v) is 4.08. The van der Waals surface area contributed by atoms with Crippen LogP contribution in [0.25, 0.3) is 0 Å². The molecule has 0 radical (unpaired) electrons. The van der Waals surface area contributed by atoms with E-state index in [1.807, 2.05) is 0 Å². The molecule has 0 saturated carbocycles. The van der Waals surface area contributed by atoms with Crippen LogP contribution in [-0.4, -0.2) is 49.7 Å². The Morgan fingerprint density at radius 3 is 2.38 bits per heavy atom. The molecule has 1 aliphatic rings. The summed E-state index contributed by atoms with van der Waals surface area (Å²) >= 11 is 0. The molecule has 7 nitrogen and oxygen atoms in total. The van der Waals surface area contributed by atoms with Crippen molar-refractivity contribution in [1.29, 1.82) is 0 Å². The van der Waals surface area contributed by atoms with Crippen LogP contribution in [0.1, 0.15) is 13.8 Å². The van der Waals surface area contributed by atoms with Gasteiger partial charge < -0.3 is 9.84 Å². The second kappa shape index (κ2) is 4.19. The van der Waals surface area contributed by atoms with Crippen LogP contribution < -0.4 is 4.72 Å². The smallest absolute Gasteiger partial charge is 0.421 e. The van der Waals surface area contributed by atoms with Crippen molar-refractivity contribution in [3.8, 4) is 0 Å². The number of hydrogen-bond donors (Lipinski definition) is 2. The summed E-state index contributed by atoms with van der Waals surface area (Å²) in [7, 11) is -2.82. The fourth-order valence-electron chi connectivity index (χ4n) is 1.31. The summed E-state index contributed by atoms with van der Waals surface area (Å²) in [6, 6.07) is 0. The standard InChI is InChI=1S/C8H16N2O5S/c1-6(2)8(12)4-10(5-8)16(13,14)9-7(11)15-3/h6,12H,4-5H2,1-3H3,(H,9,11). The summed E-state index contributed by atoms with van der Waals surface area (Å²) < 4.78 is 29.9. The number of aliphatic hydroxyl groups is 1. The summed E-state index contributed by atoms with van der Waals surface area (Å²) in [6.07, 6.45) is -1.04. The molecule has 1 amide bonds. The van der Waals surface area contributed by atoms with E-state index in [4.69, 9.17) is 0 Å². The lowest BCUT2D eigenvalue weighted by Crippen LogP contribution is -2.67. The first-order valence-electron chi connectivity index (χ1n) is 4.79. The fraction of sp³-hybridized carbons (Fsp3) is 0.875. The molecule has 0 aromatic rings. The highest BCUT2D eigenvalue weighted by molar-refractivity contribution is 7.87. The molecule has 0 unspecified atom stereocenters. The highest BCUT2D eigenvalue weighted by Gasteiger charge is 2.49. The molecule has 16 heavy (non-hydrogen) atoms. The molecule has 0 atom stereocenters. The lowest BCUT2D eigenvalue weighted by atomic mass is 9.85. The number of nitrogens with zero attached hydrogens (tertiary/aromatic N) is 1. The van der Waals surface area contributed by atoms with Gasteiger partial charge in [0.05, 0.1) is 12.7 Å². The number of carbonyl (C=O) groups excluding carboxylic acids is 1. The number of nitrogens with one attached hydrogen (secondary N) is 1. The van der Waals surface area contributed by atoms with Crippen LogP contribution >= 0.6 is 0 Å². The number of methoxy groups -OCH3 is 1. The van der Waals surface area contributed by atoms with Gasteiger partial charge in [-0.15, -0.1) is 0 Å². The van der Waals surface area contributed by atoms with Crippen molar-refractivity contribution in [1.82, 2.24) is 9.03 Å². The molecule has 0 bridgehead atoms. The summed E-state index contributed by atoms with van der Waals surface area (Å²) in [5.74, 6) is -0.0444. The summed E-state index contributed by atoms with van der Waals surface area (Å²) in [4.78, 5) is 10.8. The lowest BCUT2D eigenvalue weighted by Gasteiger charge is -2.47. The SMILES string of the molecule is COC(=O)NS(=O)(=O)N1CC(O)(C(C)C)C1. The van der Waals surface area contributed by atoms with E-state index in [0.717, 1.165) is 11.4 Å². The van der Waals surface area contributed by atoms with Crippen molar-refractivity contribution in [3.05, 3.63) is 0 Å². The Labute approximate surface area is 94.6 Å². The van der Waals surface area contributed by atoms with E-state index in [9.17, 15) is 18.3 Å². The minimum absolute atomic E-state index is 0.0169. The van der Waals surface area contributed by atoms with Gasteiger partial charge in [-0.2, -0.15) is 12.7 Å². The van der Waals surface area contributed by atoms with E-state index in [1.54, 1.807) is 18.6 Å². The molecule has 0 aliphatic carbocycles. The van der Waals surface area contributed by atoms with Gasteiger partial charge in [-0.1, -0.05) is 13.8 Å². The Morgan fingerprint density at radius 2 is 2.00 bits per heavy atom. The number of hydrogen-bond acceptors (Lipinski definition) is 5. The highest BCUT2D eigenvalue weighted by atomic mass is 32.2. The summed E-state index contributed by atoms with van der Waals surface area (Å²) in [6.45, 7) is 3.57. The number of rotatable bonds is 3. The molecule has 1 fully saturated rings. The minimum Gasteiger partial charge on any atom is -0.452 e. The first-order valence-corrected chi connectivity index (χ1v) is 6.23. The van der Waals surface area contributed by atoms with Gasteiger partial charge in [0.15, 0.2) is 0 Å². The van der Waals surface area contributed by atoms with Crippen LogP contribution in [-0.2, 0) is 14.9 Å². The molecule has 0 spiro atoms. The number of ether oxygens (including phenoxy) is 1. The maximum absolute atomic E-state index is 11.5. The average molecular weight is 252 g/mol. The van der Waals surface area contributed by atoms with Crippen molar-refractivity contribution in [2.24, 2.45) is 5.92 Å². The molecule has 1 saturated heterocycles. The first-order chi connectivity index (χ1) is 7.21. The Balaban J connectivity index is 2.60. The van der Waals surface area contributed by atoms with Crippen LogP contribution in [0.3, 0.4) is 0 Å². The second-order valence-electron chi connectivity index (χ2n) is 4.13. The molecule has 0 aromatic carbocycles. The molecule has 0 aromatic heterocycles. The number of amides is 1. The molecular weight excluding hydrogens is 236 g/mol. The predicted molar refractivity (Wildman–Crippen MR) is 55.8 cm³/mol. The van der Waals surface area contributed by atoms with Crippen LogP contribution in [0, 0.1) is 5.92 Å². The molecule has 1 aliphatic heterocycles. The second-order valence-corrected chi connectivity index (χ2v) is 5.80. The Morgan fingerprint density at radius 1 is 1.50 bits per heavy atom. The van der Waals surface area contributed by atoms with Crippen LogP contribution in [0.15, 0.2) is 0 Å². The Hall–Kier alpha value is -0.860. The quantitative estimate of drug-likeness (QED) is 0.691. The number of β-amino-alcohol motifs (C(OH)–C–C–N with tert-alkyl or cyclic N) is 1. The van der Waals surface area contributed by atoms with Crippen molar-refractivity contribution < 1.29 is 23.1 Å². The summed E-state index contributed by atoms with van der Waals surface area (Å²) in [5.41, 5.74) is -1.01. The molecule has 1 rings (SSSR count). The topological polar surface area (TPSA) is 95.9 Å². The maximum Gasteiger partial charge on any atom is 0.421 e. The third kappa shape index (κ3) is 2.45. The van der Waals surface area contributed by atoms with Gasteiger partial charge >= 0.3 is 16.3 Å². The largest absolute Gasteiger partial charge is 0.452 e. The fourth-order valence-corrected chi connectivity index (χ4v) is 2.52. The average Bonchev–Trinajstić information content (AvgIpc) is 2.11. The van der Waals surface area contributed by atoms with E-state index < -0.39 is 21.9 Å². The molecule has 94 valence electrons. The minimum atomic E-state index is -3.89. The van der Waals surface area contributed by atoms with E-state index in [-0.39, 0.29) is 19.0 Å². The third-order valence-electron chi connectivity index (χ3n) is 2.71. The Kier molecular flexibility index (Phi) is 3.46.